The van der Waals surface area contributed by atoms with Gasteiger partial charge in [0.2, 0.25) is 5.91 Å². The summed E-state index contributed by atoms with van der Waals surface area (Å²) in [5.41, 5.74) is 2.16. The van der Waals surface area contributed by atoms with E-state index in [1.165, 1.54) is 25.7 Å². The highest BCUT2D eigenvalue weighted by Crippen LogP contribution is 2.22. The van der Waals surface area contributed by atoms with Gasteiger partial charge in [0.15, 0.2) is 0 Å². The van der Waals surface area contributed by atoms with Crippen LogP contribution in [-0.2, 0) is 17.8 Å². The Hall–Kier alpha value is -1.36. The van der Waals surface area contributed by atoms with E-state index in [0.29, 0.717) is 19.0 Å². The van der Waals surface area contributed by atoms with Crippen LogP contribution in [0.5, 0.6) is 0 Å². The van der Waals surface area contributed by atoms with Crippen molar-refractivity contribution in [2.24, 2.45) is 0 Å². The van der Waals surface area contributed by atoms with E-state index in [4.69, 9.17) is 0 Å². The number of aromatic nitrogens is 2. The quantitative estimate of drug-likeness (QED) is 0.807. The summed E-state index contributed by atoms with van der Waals surface area (Å²) < 4.78 is 0. The molecule has 2 N–H and O–H groups in total. The number of fused-ring (bicyclic) bond motifs is 1. The third-order valence-corrected chi connectivity index (χ3v) is 4.75. The van der Waals surface area contributed by atoms with Gasteiger partial charge < -0.3 is 9.88 Å². The molecular formula is C15H24N4O. The predicted molar refractivity (Wildman–Crippen MR) is 77.2 cm³/mol. The third kappa shape index (κ3) is 2.73. The number of carbonyl (C=O) groups excluding carboxylic acids is 1. The van der Waals surface area contributed by atoms with Crippen LogP contribution < -0.4 is 5.32 Å². The number of imidazole rings is 1. The first-order valence-electron chi connectivity index (χ1n) is 7.77. The van der Waals surface area contributed by atoms with Crippen molar-refractivity contribution < 1.29 is 4.79 Å². The molecule has 110 valence electrons. The Labute approximate surface area is 120 Å². The predicted octanol–water partition coefficient (Wildman–Crippen LogP) is 1.61. The second kappa shape index (κ2) is 5.95. The molecule has 1 amide bonds. The molecule has 1 aromatic heterocycles. The Kier molecular flexibility index (Phi) is 4.05. The lowest BCUT2D eigenvalue weighted by Crippen LogP contribution is -2.51. The van der Waals surface area contributed by atoms with Gasteiger partial charge in [-0.15, -0.1) is 0 Å². The second-order valence-electron chi connectivity index (χ2n) is 6.06. The van der Waals surface area contributed by atoms with Crippen molar-refractivity contribution >= 4 is 5.91 Å². The molecule has 1 aliphatic carbocycles. The Morgan fingerprint density at radius 2 is 2.05 bits per heavy atom. The van der Waals surface area contributed by atoms with Crippen LogP contribution in [0.25, 0.3) is 0 Å². The van der Waals surface area contributed by atoms with Crippen LogP contribution in [0.3, 0.4) is 0 Å². The Bertz CT molecular complexity index is 462. The molecule has 20 heavy (non-hydrogen) atoms. The number of aromatic amines is 1. The van der Waals surface area contributed by atoms with Crippen LogP contribution in [0.1, 0.15) is 49.9 Å². The van der Waals surface area contributed by atoms with E-state index in [-0.39, 0.29) is 11.9 Å². The first-order valence-corrected chi connectivity index (χ1v) is 7.77. The minimum absolute atomic E-state index is 0.112. The molecule has 0 radical (unpaired) electrons. The summed E-state index contributed by atoms with van der Waals surface area (Å²) in [7, 11) is 1.97. The molecule has 2 aliphatic rings. The zero-order chi connectivity index (χ0) is 13.9. The van der Waals surface area contributed by atoms with Crippen LogP contribution in [0.4, 0.5) is 0 Å². The molecule has 1 aromatic rings. The monoisotopic (exact) mass is 276 g/mol. The van der Waals surface area contributed by atoms with Crippen molar-refractivity contribution in [3.63, 3.8) is 0 Å². The summed E-state index contributed by atoms with van der Waals surface area (Å²) in [5, 5.41) is 3.33. The Morgan fingerprint density at radius 3 is 2.80 bits per heavy atom. The minimum Gasteiger partial charge on any atom is -0.347 e. The molecule has 1 saturated carbocycles. The van der Waals surface area contributed by atoms with Crippen LogP contribution in [0, 0.1) is 0 Å². The average molecular weight is 276 g/mol. The fourth-order valence-electron chi connectivity index (χ4n) is 3.41. The number of nitrogens with one attached hydrogen (secondary N) is 2. The number of likely N-dealkylation sites (N-methyl/N-ethyl adjacent to an activating group) is 1. The normalized spacial score (nSPS) is 23.9. The molecule has 0 bridgehead atoms. The summed E-state index contributed by atoms with van der Waals surface area (Å²) in [4.78, 5) is 22.1. The van der Waals surface area contributed by atoms with Crippen LogP contribution in [-0.4, -0.2) is 39.9 Å². The molecule has 3 rings (SSSR count). The van der Waals surface area contributed by atoms with Crippen LogP contribution >= 0.6 is 0 Å². The molecule has 1 aliphatic heterocycles. The van der Waals surface area contributed by atoms with Crippen molar-refractivity contribution in [1.82, 2.24) is 20.2 Å². The SMILES string of the molecule is CN(C(=O)C1Cc2nc[nH]c2CN1)C1CCCCCC1. The number of rotatable bonds is 2. The number of nitrogens with zero attached hydrogens (tertiary/aromatic N) is 2. The van der Waals surface area contributed by atoms with E-state index in [2.05, 4.69) is 15.3 Å². The van der Waals surface area contributed by atoms with Gasteiger partial charge in [-0.1, -0.05) is 25.7 Å². The van der Waals surface area contributed by atoms with Gasteiger partial charge in [-0.2, -0.15) is 0 Å². The van der Waals surface area contributed by atoms with E-state index in [9.17, 15) is 4.79 Å². The maximum Gasteiger partial charge on any atom is 0.240 e. The molecular weight excluding hydrogens is 252 g/mol. The third-order valence-electron chi connectivity index (χ3n) is 4.75. The van der Waals surface area contributed by atoms with Gasteiger partial charge in [0, 0.05) is 26.1 Å². The summed E-state index contributed by atoms with van der Waals surface area (Å²) in [5.74, 6) is 0.227. The van der Waals surface area contributed by atoms with E-state index in [1.54, 1.807) is 6.33 Å². The van der Waals surface area contributed by atoms with Gasteiger partial charge in [-0.05, 0) is 12.8 Å². The number of H-pyrrole nitrogens is 1. The molecule has 0 saturated heterocycles. The fraction of sp³-hybridized carbons (Fsp3) is 0.733. The van der Waals surface area contributed by atoms with Gasteiger partial charge in [-0.25, -0.2) is 4.98 Å². The zero-order valence-electron chi connectivity index (χ0n) is 12.2. The number of carbonyl (C=O) groups is 1. The first-order chi connectivity index (χ1) is 9.75. The zero-order valence-corrected chi connectivity index (χ0v) is 12.2. The molecule has 1 atom stereocenters. The van der Waals surface area contributed by atoms with Gasteiger partial charge in [-0.3, -0.25) is 10.1 Å². The van der Waals surface area contributed by atoms with Gasteiger partial charge in [0.1, 0.15) is 0 Å². The van der Waals surface area contributed by atoms with Crippen molar-refractivity contribution in [3.8, 4) is 0 Å². The van der Waals surface area contributed by atoms with Gasteiger partial charge in [0.05, 0.1) is 23.8 Å². The summed E-state index contributed by atoms with van der Waals surface area (Å²) in [6, 6.07) is 0.312. The van der Waals surface area contributed by atoms with Gasteiger partial charge in [0.25, 0.3) is 0 Å². The Morgan fingerprint density at radius 1 is 1.30 bits per heavy atom. The van der Waals surface area contributed by atoms with Crippen molar-refractivity contribution in [1.29, 1.82) is 0 Å². The number of hydrogen-bond acceptors (Lipinski definition) is 3. The molecule has 0 aromatic carbocycles. The molecule has 1 fully saturated rings. The highest BCUT2D eigenvalue weighted by atomic mass is 16.2. The molecule has 2 heterocycles. The van der Waals surface area contributed by atoms with E-state index < -0.39 is 0 Å². The largest absolute Gasteiger partial charge is 0.347 e. The van der Waals surface area contributed by atoms with E-state index >= 15 is 0 Å². The summed E-state index contributed by atoms with van der Waals surface area (Å²) in [6.07, 6.45) is 9.87. The van der Waals surface area contributed by atoms with Crippen molar-refractivity contribution in [3.05, 3.63) is 17.7 Å². The van der Waals surface area contributed by atoms with E-state index in [1.807, 2.05) is 11.9 Å². The first kappa shape index (κ1) is 13.6. The second-order valence-corrected chi connectivity index (χ2v) is 6.06. The minimum atomic E-state index is -0.112. The number of amides is 1. The van der Waals surface area contributed by atoms with Crippen LogP contribution in [0.15, 0.2) is 6.33 Å². The average Bonchev–Trinajstić information content (AvgIpc) is 2.77. The summed E-state index contributed by atoms with van der Waals surface area (Å²) >= 11 is 0. The lowest BCUT2D eigenvalue weighted by molar-refractivity contribution is -0.134. The highest BCUT2D eigenvalue weighted by molar-refractivity contribution is 5.82. The maximum absolute atomic E-state index is 12.7. The van der Waals surface area contributed by atoms with Crippen molar-refractivity contribution in [2.75, 3.05) is 7.05 Å². The number of hydrogen-bond donors (Lipinski definition) is 2. The molecule has 0 spiro atoms. The van der Waals surface area contributed by atoms with Crippen molar-refractivity contribution in [2.45, 2.75) is 63.6 Å². The Balaban J connectivity index is 1.63. The fourth-order valence-corrected chi connectivity index (χ4v) is 3.41. The summed E-state index contributed by atoms with van der Waals surface area (Å²) in [6.45, 7) is 0.713. The van der Waals surface area contributed by atoms with E-state index in [0.717, 1.165) is 24.2 Å². The smallest absolute Gasteiger partial charge is 0.240 e. The molecule has 1 unspecified atom stereocenters. The maximum atomic E-state index is 12.7. The molecule has 5 heteroatoms. The van der Waals surface area contributed by atoms with Gasteiger partial charge >= 0.3 is 0 Å². The molecule has 5 nitrogen and oxygen atoms in total. The highest BCUT2D eigenvalue weighted by Gasteiger charge is 2.30. The lowest BCUT2D eigenvalue weighted by atomic mass is 10.0. The topological polar surface area (TPSA) is 61.0 Å². The van der Waals surface area contributed by atoms with Crippen LogP contribution in [0.2, 0.25) is 0 Å². The standard InChI is InChI=1S/C15H24N4O/c1-19(11-6-4-2-3-5-7-11)15(20)13-8-12-14(9-16-13)18-10-17-12/h10-11,13,16H,2-9H2,1H3,(H,17,18). The lowest BCUT2D eigenvalue weighted by Gasteiger charge is -2.32.